The van der Waals surface area contributed by atoms with Crippen LogP contribution < -0.4 is 11.2 Å². The third kappa shape index (κ3) is 3.77. The standard InChI is InChI=1S/C22H18F5N3O4/c1-21(22(25,26)27)7-10(9-2-3-12(23)17(24)19(9)32)11(8-34-21)14-6-15(31)16-13(30-14)4-5-29-18(16)20(28)33/h2-6,10-11,32H,7-8H2,1H3,(H2,28,33)(H,30,31)/t10-,11+,21+/m0/s1. The molecule has 0 bridgehead atoms. The van der Waals surface area contributed by atoms with E-state index in [0.29, 0.717) is 6.07 Å². The number of carbonyl (C=O) groups excluding carboxylic acids is 1. The van der Waals surface area contributed by atoms with Gasteiger partial charge >= 0.3 is 6.18 Å². The minimum Gasteiger partial charge on any atom is -0.505 e. The maximum atomic E-state index is 14.1. The number of H-pyrrole nitrogens is 1. The number of fused-ring (bicyclic) bond motifs is 1. The van der Waals surface area contributed by atoms with Gasteiger partial charge in [-0.25, -0.2) is 4.39 Å². The molecule has 1 aromatic carbocycles. The van der Waals surface area contributed by atoms with Crippen LogP contribution in [0.4, 0.5) is 22.0 Å². The zero-order valence-electron chi connectivity index (χ0n) is 17.5. The maximum absolute atomic E-state index is 14.1. The number of nitrogens with zero attached hydrogens (tertiary/aromatic N) is 1. The Morgan fingerprint density at radius 1 is 1.26 bits per heavy atom. The number of halogens is 5. The van der Waals surface area contributed by atoms with Crippen LogP contribution in [0.2, 0.25) is 0 Å². The van der Waals surface area contributed by atoms with Gasteiger partial charge in [0.2, 0.25) is 5.82 Å². The molecule has 2 aromatic heterocycles. The van der Waals surface area contributed by atoms with E-state index in [1.807, 2.05) is 0 Å². The summed E-state index contributed by atoms with van der Waals surface area (Å²) >= 11 is 0. The fourth-order valence-corrected chi connectivity index (χ4v) is 4.30. The van der Waals surface area contributed by atoms with E-state index in [1.54, 1.807) is 0 Å². The van der Waals surface area contributed by atoms with Gasteiger partial charge in [0.05, 0.1) is 17.5 Å². The molecule has 1 amide bonds. The number of primary amides is 1. The van der Waals surface area contributed by atoms with E-state index in [9.17, 15) is 36.6 Å². The van der Waals surface area contributed by atoms with E-state index in [0.717, 1.165) is 19.1 Å². The molecule has 3 heterocycles. The Bertz CT molecular complexity index is 1360. The number of alkyl halides is 3. The van der Waals surface area contributed by atoms with Gasteiger partial charge in [0.1, 0.15) is 5.69 Å². The number of carbonyl (C=O) groups is 1. The van der Waals surface area contributed by atoms with E-state index in [2.05, 4.69) is 9.97 Å². The van der Waals surface area contributed by atoms with Crippen molar-refractivity contribution in [3.05, 3.63) is 69.3 Å². The molecule has 7 nitrogen and oxygen atoms in total. The largest absolute Gasteiger partial charge is 0.505 e. The monoisotopic (exact) mass is 483 g/mol. The molecular formula is C22H18F5N3O4. The minimum atomic E-state index is -4.80. The number of aromatic nitrogens is 2. The zero-order valence-corrected chi connectivity index (χ0v) is 17.5. The summed E-state index contributed by atoms with van der Waals surface area (Å²) in [4.78, 5) is 31.1. The van der Waals surface area contributed by atoms with E-state index in [-0.39, 0.29) is 27.9 Å². The quantitative estimate of drug-likeness (QED) is 0.492. The average Bonchev–Trinajstić information content (AvgIpc) is 2.76. The summed E-state index contributed by atoms with van der Waals surface area (Å²) in [6.45, 7) is 0.259. The Labute approximate surface area is 188 Å². The summed E-state index contributed by atoms with van der Waals surface area (Å²) in [5.74, 6) is -7.25. The second-order valence-electron chi connectivity index (χ2n) is 8.29. The molecule has 3 atom stereocenters. The van der Waals surface area contributed by atoms with Crippen LogP contribution in [0.15, 0.2) is 35.3 Å². The van der Waals surface area contributed by atoms with Gasteiger partial charge in [0.15, 0.2) is 22.6 Å². The van der Waals surface area contributed by atoms with Crippen molar-refractivity contribution >= 4 is 16.8 Å². The van der Waals surface area contributed by atoms with E-state index in [4.69, 9.17) is 10.5 Å². The number of hydrogen-bond donors (Lipinski definition) is 3. The van der Waals surface area contributed by atoms with Crippen LogP contribution >= 0.6 is 0 Å². The molecule has 1 aliphatic rings. The number of amides is 1. The number of rotatable bonds is 3. The van der Waals surface area contributed by atoms with Gasteiger partial charge in [-0.15, -0.1) is 0 Å². The van der Waals surface area contributed by atoms with Gasteiger partial charge in [-0.05, 0) is 25.5 Å². The average molecular weight is 483 g/mol. The summed E-state index contributed by atoms with van der Waals surface area (Å²) in [5.41, 5.74) is 1.64. The molecule has 4 N–H and O–H groups in total. The van der Waals surface area contributed by atoms with Crippen molar-refractivity contribution in [2.45, 2.75) is 37.0 Å². The third-order valence-electron chi connectivity index (χ3n) is 6.17. The third-order valence-corrected chi connectivity index (χ3v) is 6.17. The molecule has 0 unspecified atom stereocenters. The lowest BCUT2D eigenvalue weighted by atomic mass is 9.74. The Hall–Kier alpha value is -3.54. The molecule has 0 spiro atoms. The number of phenolic OH excluding ortho intramolecular Hbond substituents is 1. The maximum Gasteiger partial charge on any atom is 0.417 e. The highest BCUT2D eigenvalue weighted by atomic mass is 19.4. The van der Waals surface area contributed by atoms with Crippen LogP contribution in [0.1, 0.15) is 46.9 Å². The topological polar surface area (TPSA) is 118 Å². The Morgan fingerprint density at radius 3 is 2.62 bits per heavy atom. The van der Waals surface area contributed by atoms with Crippen LogP contribution in [-0.2, 0) is 4.74 Å². The van der Waals surface area contributed by atoms with Crippen LogP contribution in [0.3, 0.4) is 0 Å². The number of pyridine rings is 2. The lowest BCUT2D eigenvalue weighted by Gasteiger charge is -2.43. The van der Waals surface area contributed by atoms with Crippen molar-refractivity contribution in [3.63, 3.8) is 0 Å². The summed E-state index contributed by atoms with van der Waals surface area (Å²) in [7, 11) is 0. The molecule has 1 fully saturated rings. The van der Waals surface area contributed by atoms with Gasteiger partial charge in [-0.1, -0.05) is 6.07 Å². The molecule has 12 heteroatoms. The van der Waals surface area contributed by atoms with Crippen molar-refractivity contribution in [2.75, 3.05) is 6.61 Å². The molecular weight excluding hydrogens is 465 g/mol. The fourth-order valence-electron chi connectivity index (χ4n) is 4.30. The minimum absolute atomic E-state index is 0.108. The summed E-state index contributed by atoms with van der Waals surface area (Å²) in [5, 5.41) is 10.1. The second-order valence-corrected chi connectivity index (χ2v) is 8.29. The first-order valence-electron chi connectivity index (χ1n) is 10.0. The van der Waals surface area contributed by atoms with Crippen molar-refractivity contribution < 1.29 is 36.6 Å². The predicted octanol–water partition coefficient (Wildman–Crippen LogP) is 3.61. The van der Waals surface area contributed by atoms with Gasteiger partial charge in [-0.3, -0.25) is 14.6 Å². The second kappa shape index (κ2) is 8.05. The van der Waals surface area contributed by atoms with Crippen LogP contribution in [0, 0.1) is 11.6 Å². The van der Waals surface area contributed by atoms with Crippen LogP contribution in [0.25, 0.3) is 10.9 Å². The Morgan fingerprint density at radius 2 is 1.97 bits per heavy atom. The molecule has 1 aliphatic heterocycles. The SMILES string of the molecule is C[C@]1(C(F)(F)F)C[C@@H](c2ccc(F)c(F)c2O)[C@H](c2cc(=O)c3c(C(N)=O)nccc3[nH]2)CO1. The molecule has 3 aromatic rings. The molecule has 0 radical (unpaired) electrons. The Kier molecular flexibility index (Phi) is 5.59. The lowest BCUT2D eigenvalue weighted by Crippen LogP contribution is -2.50. The predicted molar refractivity (Wildman–Crippen MR) is 109 cm³/mol. The van der Waals surface area contributed by atoms with Gasteiger partial charge in [-0.2, -0.15) is 17.6 Å². The summed E-state index contributed by atoms with van der Waals surface area (Å²) < 4.78 is 74.1. The molecule has 1 saturated heterocycles. The molecule has 0 saturated carbocycles. The van der Waals surface area contributed by atoms with E-state index >= 15 is 0 Å². The van der Waals surface area contributed by atoms with Crippen molar-refractivity contribution in [2.24, 2.45) is 5.73 Å². The number of nitrogens with two attached hydrogens (primary N) is 1. The van der Waals surface area contributed by atoms with Crippen LogP contribution in [0.5, 0.6) is 5.75 Å². The molecule has 4 rings (SSSR count). The van der Waals surface area contributed by atoms with Crippen LogP contribution in [-0.4, -0.2) is 39.4 Å². The number of nitrogens with one attached hydrogen (secondary N) is 1. The fraction of sp³-hybridized carbons (Fsp3) is 0.318. The number of ether oxygens (including phenoxy) is 1. The first kappa shape index (κ1) is 23.6. The lowest BCUT2D eigenvalue weighted by molar-refractivity contribution is -0.286. The Balaban J connectivity index is 1.89. The van der Waals surface area contributed by atoms with Gasteiger partial charge < -0.3 is 20.6 Å². The molecule has 0 aliphatic carbocycles. The highest BCUT2D eigenvalue weighted by Gasteiger charge is 2.57. The highest BCUT2D eigenvalue weighted by molar-refractivity contribution is 6.03. The molecule has 34 heavy (non-hydrogen) atoms. The number of hydrogen-bond acceptors (Lipinski definition) is 5. The number of aromatic hydroxyl groups is 1. The highest BCUT2D eigenvalue weighted by Crippen LogP contribution is 2.51. The van der Waals surface area contributed by atoms with Gasteiger partial charge in [0.25, 0.3) is 5.91 Å². The zero-order chi connectivity index (χ0) is 25.0. The normalized spacial score (nSPS) is 23.2. The molecule has 180 valence electrons. The van der Waals surface area contributed by atoms with Crippen molar-refractivity contribution in [3.8, 4) is 5.75 Å². The van der Waals surface area contributed by atoms with E-state index in [1.165, 1.54) is 12.3 Å². The van der Waals surface area contributed by atoms with Crippen molar-refractivity contribution in [1.29, 1.82) is 0 Å². The first-order chi connectivity index (χ1) is 15.8. The van der Waals surface area contributed by atoms with Crippen molar-refractivity contribution in [1.82, 2.24) is 9.97 Å². The summed E-state index contributed by atoms with van der Waals surface area (Å²) in [6, 6.07) is 4.14. The number of aromatic amines is 1. The smallest absolute Gasteiger partial charge is 0.417 e. The number of benzene rings is 1. The van der Waals surface area contributed by atoms with Gasteiger partial charge in [0, 0.05) is 35.4 Å². The number of phenols is 1. The summed E-state index contributed by atoms with van der Waals surface area (Å²) in [6.07, 6.45) is -4.33. The first-order valence-corrected chi connectivity index (χ1v) is 10.0. The van der Waals surface area contributed by atoms with E-state index < -0.39 is 65.4 Å².